The van der Waals surface area contributed by atoms with Gasteiger partial charge in [-0.2, -0.15) is 5.26 Å². The van der Waals surface area contributed by atoms with Crippen LogP contribution in [0, 0.1) is 21.4 Å². The molecule has 0 saturated heterocycles. The van der Waals surface area contributed by atoms with E-state index in [0.717, 1.165) is 11.1 Å². The topological polar surface area (TPSA) is 76.2 Å². The molecule has 0 unspecified atom stereocenters. The summed E-state index contributed by atoms with van der Waals surface area (Å²) in [5.74, 6) is 0.671. The van der Waals surface area contributed by atoms with E-state index >= 15 is 0 Å². The molecule has 0 bridgehead atoms. The first-order valence-corrected chi connectivity index (χ1v) is 8.77. The number of hydrogen-bond donors (Lipinski definition) is 0. The number of nitrogens with zero attached hydrogens (tertiary/aromatic N) is 2. The minimum Gasteiger partial charge on any atom is -0.489 e. The molecular formula is C22H15ClN2O3. The third kappa shape index (κ3) is 4.97. The van der Waals surface area contributed by atoms with Crippen LogP contribution < -0.4 is 4.74 Å². The SMILES string of the molecule is N#C/C(=C\c1cccc(OCc2ccc(Cl)cc2)c1)c1ccc([N+](=O)[O-])cc1. The standard InChI is InChI=1S/C22H15ClN2O3/c23-20-8-4-16(5-9-20)15-28-22-3-1-2-17(13-22)12-19(14-24)18-6-10-21(11-7-18)25(26)27/h1-13H,15H2/b19-12+. The zero-order valence-corrected chi connectivity index (χ0v) is 15.5. The number of allylic oxidation sites excluding steroid dienone is 1. The average Bonchev–Trinajstić information content (AvgIpc) is 2.72. The van der Waals surface area contributed by atoms with Crippen molar-refractivity contribution in [2.75, 3.05) is 0 Å². The Bertz CT molecular complexity index is 1050. The molecule has 0 spiro atoms. The van der Waals surface area contributed by atoms with Gasteiger partial charge in [0, 0.05) is 17.2 Å². The molecule has 5 nitrogen and oxygen atoms in total. The van der Waals surface area contributed by atoms with E-state index in [4.69, 9.17) is 16.3 Å². The second kappa shape index (κ2) is 8.85. The number of nitro groups is 1. The first kappa shape index (κ1) is 19.2. The molecule has 0 atom stereocenters. The number of nitriles is 1. The van der Waals surface area contributed by atoms with Crippen LogP contribution in [-0.2, 0) is 6.61 Å². The van der Waals surface area contributed by atoms with Crippen LogP contribution in [0.5, 0.6) is 5.75 Å². The molecule has 0 aromatic heterocycles. The van der Waals surface area contributed by atoms with Crippen LogP contribution in [0.1, 0.15) is 16.7 Å². The Hall–Kier alpha value is -3.62. The van der Waals surface area contributed by atoms with Gasteiger partial charge in [-0.3, -0.25) is 10.1 Å². The van der Waals surface area contributed by atoms with Crippen LogP contribution in [0.25, 0.3) is 11.6 Å². The van der Waals surface area contributed by atoms with Crippen molar-refractivity contribution in [2.45, 2.75) is 6.61 Å². The summed E-state index contributed by atoms with van der Waals surface area (Å²) in [6.07, 6.45) is 1.72. The van der Waals surface area contributed by atoms with Crippen LogP contribution in [0.3, 0.4) is 0 Å². The van der Waals surface area contributed by atoms with Crippen molar-refractivity contribution in [1.82, 2.24) is 0 Å². The fourth-order valence-electron chi connectivity index (χ4n) is 2.55. The molecule has 138 valence electrons. The van der Waals surface area contributed by atoms with Crippen LogP contribution in [0.15, 0.2) is 72.8 Å². The van der Waals surface area contributed by atoms with Gasteiger partial charge in [0.15, 0.2) is 0 Å². The number of benzene rings is 3. The van der Waals surface area contributed by atoms with Gasteiger partial charge < -0.3 is 4.74 Å². The fraction of sp³-hybridized carbons (Fsp3) is 0.0455. The first-order valence-electron chi connectivity index (χ1n) is 8.39. The van der Waals surface area contributed by atoms with Crippen molar-refractivity contribution < 1.29 is 9.66 Å². The molecule has 0 radical (unpaired) electrons. The lowest BCUT2D eigenvalue weighted by atomic mass is 10.0. The van der Waals surface area contributed by atoms with E-state index in [-0.39, 0.29) is 5.69 Å². The zero-order chi connectivity index (χ0) is 19.9. The molecule has 28 heavy (non-hydrogen) atoms. The van der Waals surface area contributed by atoms with Crippen LogP contribution in [0.2, 0.25) is 5.02 Å². The Kier molecular flexibility index (Phi) is 6.05. The second-order valence-electron chi connectivity index (χ2n) is 5.96. The minimum atomic E-state index is -0.471. The van der Waals surface area contributed by atoms with Gasteiger partial charge in [-0.25, -0.2) is 0 Å². The summed E-state index contributed by atoms with van der Waals surface area (Å²) in [6.45, 7) is 0.401. The first-order chi connectivity index (χ1) is 13.5. The second-order valence-corrected chi connectivity index (χ2v) is 6.40. The Morgan fingerprint density at radius 2 is 1.82 bits per heavy atom. The van der Waals surface area contributed by atoms with E-state index < -0.39 is 4.92 Å². The van der Waals surface area contributed by atoms with Gasteiger partial charge in [0.1, 0.15) is 12.4 Å². The Morgan fingerprint density at radius 3 is 2.46 bits per heavy atom. The van der Waals surface area contributed by atoms with E-state index in [2.05, 4.69) is 6.07 Å². The molecule has 0 amide bonds. The lowest BCUT2D eigenvalue weighted by Gasteiger charge is -2.07. The monoisotopic (exact) mass is 390 g/mol. The Balaban J connectivity index is 1.76. The molecule has 0 heterocycles. The quantitative estimate of drug-likeness (QED) is 0.227. The molecule has 3 aromatic rings. The van der Waals surface area contributed by atoms with E-state index in [1.54, 1.807) is 18.2 Å². The van der Waals surface area contributed by atoms with E-state index in [9.17, 15) is 15.4 Å². The molecule has 0 N–H and O–H groups in total. The Morgan fingerprint density at radius 1 is 1.11 bits per heavy atom. The van der Waals surface area contributed by atoms with E-state index in [0.29, 0.717) is 28.5 Å². The van der Waals surface area contributed by atoms with Gasteiger partial charge >= 0.3 is 0 Å². The predicted octanol–water partition coefficient (Wildman–Crippen LogP) is 5.89. The van der Waals surface area contributed by atoms with Gasteiger partial charge in [-0.05, 0) is 59.2 Å². The van der Waals surface area contributed by atoms with Crippen molar-refractivity contribution in [3.63, 3.8) is 0 Å². The van der Waals surface area contributed by atoms with Crippen LogP contribution in [0.4, 0.5) is 5.69 Å². The van der Waals surface area contributed by atoms with Crippen molar-refractivity contribution in [1.29, 1.82) is 5.26 Å². The summed E-state index contributed by atoms with van der Waals surface area (Å²) in [5, 5.41) is 20.9. The van der Waals surface area contributed by atoms with Crippen molar-refractivity contribution in [2.24, 2.45) is 0 Å². The maximum Gasteiger partial charge on any atom is 0.269 e. The zero-order valence-electron chi connectivity index (χ0n) is 14.7. The van der Waals surface area contributed by atoms with Gasteiger partial charge in [0.05, 0.1) is 16.6 Å². The maximum absolute atomic E-state index is 10.8. The summed E-state index contributed by atoms with van der Waals surface area (Å²) < 4.78 is 5.81. The number of halogens is 1. The summed E-state index contributed by atoms with van der Waals surface area (Å²) in [5.41, 5.74) is 2.79. The minimum absolute atomic E-state index is 0.0152. The smallest absolute Gasteiger partial charge is 0.269 e. The van der Waals surface area contributed by atoms with Gasteiger partial charge in [-0.1, -0.05) is 35.9 Å². The maximum atomic E-state index is 10.8. The summed E-state index contributed by atoms with van der Waals surface area (Å²) in [7, 11) is 0. The van der Waals surface area contributed by atoms with E-state index in [1.807, 2.05) is 48.5 Å². The molecule has 0 saturated carbocycles. The third-order valence-corrected chi connectivity index (χ3v) is 4.25. The molecule has 0 fully saturated rings. The predicted molar refractivity (Wildman–Crippen MR) is 109 cm³/mol. The van der Waals surface area contributed by atoms with Crippen molar-refractivity contribution in [3.05, 3.63) is 105 Å². The molecule has 0 aliphatic carbocycles. The van der Waals surface area contributed by atoms with Gasteiger partial charge in [0.2, 0.25) is 0 Å². The van der Waals surface area contributed by atoms with Gasteiger partial charge in [-0.15, -0.1) is 0 Å². The summed E-state index contributed by atoms with van der Waals surface area (Å²) >= 11 is 5.88. The highest BCUT2D eigenvalue weighted by atomic mass is 35.5. The molecule has 0 aliphatic heterocycles. The average molecular weight is 391 g/mol. The molecule has 3 rings (SSSR count). The summed E-state index contributed by atoms with van der Waals surface area (Å²) in [6, 6.07) is 22.8. The van der Waals surface area contributed by atoms with E-state index in [1.165, 1.54) is 12.1 Å². The highest BCUT2D eigenvalue weighted by molar-refractivity contribution is 6.30. The van der Waals surface area contributed by atoms with Gasteiger partial charge in [0.25, 0.3) is 5.69 Å². The lowest BCUT2D eigenvalue weighted by molar-refractivity contribution is -0.384. The lowest BCUT2D eigenvalue weighted by Crippen LogP contribution is -1.95. The molecule has 6 heteroatoms. The fourth-order valence-corrected chi connectivity index (χ4v) is 2.68. The van der Waals surface area contributed by atoms with Crippen molar-refractivity contribution >= 4 is 28.9 Å². The number of non-ortho nitro benzene ring substituents is 1. The number of ether oxygens (including phenoxy) is 1. The molecular weight excluding hydrogens is 376 g/mol. The summed E-state index contributed by atoms with van der Waals surface area (Å²) in [4.78, 5) is 10.3. The number of nitro benzene ring substituents is 1. The number of rotatable bonds is 6. The Labute approximate surface area is 167 Å². The van der Waals surface area contributed by atoms with Crippen LogP contribution >= 0.6 is 11.6 Å². The molecule has 0 aliphatic rings. The normalized spacial score (nSPS) is 10.9. The van der Waals surface area contributed by atoms with Crippen LogP contribution in [-0.4, -0.2) is 4.92 Å². The highest BCUT2D eigenvalue weighted by Gasteiger charge is 2.07. The molecule has 3 aromatic carbocycles. The highest BCUT2D eigenvalue weighted by Crippen LogP contribution is 2.23. The van der Waals surface area contributed by atoms with Crippen molar-refractivity contribution in [3.8, 4) is 11.8 Å². The number of hydrogen-bond acceptors (Lipinski definition) is 4. The third-order valence-electron chi connectivity index (χ3n) is 4.00. The largest absolute Gasteiger partial charge is 0.489 e.